The number of aryl methyl sites for hydroxylation is 1. The summed E-state index contributed by atoms with van der Waals surface area (Å²) in [7, 11) is 0. The Labute approximate surface area is 116 Å². The number of carbonyl (C=O) groups excluding carboxylic acids is 1. The van der Waals surface area contributed by atoms with Gasteiger partial charge in [0.05, 0.1) is 11.8 Å². The summed E-state index contributed by atoms with van der Waals surface area (Å²) < 4.78 is 5.17. The van der Waals surface area contributed by atoms with Crippen LogP contribution in [0.3, 0.4) is 0 Å². The van der Waals surface area contributed by atoms with Crippen molar-refractivity contribution >= 4 is 11.9 Å². The van der Waals surface area contributed by atoms with Crippen LogP contribution in [0.4, 0.5) is 0 Å². The minimum absolute atomic E-state index is 0.370. The Balaban J connectivity index is 2.21. The van der Waals surface area contributed by atoms with Crippen LogP contribution in [0.1, 0.15) is 34.6 Å². The first-order valence-corrected chi connectivity index (χ1v) is 6.28. The lowest BCUT2D eigenvalue weighted by molar-refractivity contribution is -0.139. The van der Waals surface area contributed by atoms with Gasteiger partial charge in [0, 0.05) is 6.42 Å². The second-order valence-electron chi connectivity index (χ2n) is 4.27. The molecule has 0 saturated heterocycles. The van der Waals surface area contributed by atoms with E-state index < -0.39 is 17.9 Å². The topological polar surface area (TPSA) is 79.5 Å². The number of amides is 1. The molecule has 5 heteroatoms. The number of carbonyl (C=O) groups is 2. The Morgan fingerprint density at radius 3 is 2.55 bits per heavy atom. The van der Waals surface area contributed by atoms with Crippen molar-refractivity contribution in [2.45, 2.75) is 19.4 Å². The fraction of sp³-hybridized carbons (Fsp3) is 0.200. The van der Waals surface area contributed by atoms with E-state index in [0.29, 0.717) is 23.3 Å². The molecule has 1 aromatic carbocycles. The van der Waals surface area contributed by atoms with Gasteiger partial charge in [0.2, 0.25) is 0 Å². The predicted octanol–water partition coefficient (Wildman–Crippen LogP) is 2.40. The number of hydrogen-bond acceptors (Lipinski definition) is 3. The Bertz CT molecular complexity index is 603. The number of carboxylic acids is 1. The Morgan fingerprint density at radius 1 is 1.25 bits per heavy atom. The zero-order valence-electron chi connectivity index (χ0n) is 11.0. The summed E-state index contributed by atoms with van der Waals surface area (Å²) >= 11 is 0. The largest absolute Gasteiger partial charge is 0.479 e. The maximum Gasteiger partial charge on any atom is 0.330 e. The van der Waals surface area contributed by atoms with Gasteiger partial charge in [0.15, 0.2) is 6.04 Å². The molecule has 2 rings (SSSR count). The highest BCUT2D eigenvalue weighted by molar-refractivity contribution is 5.97. The molecule has 5 nitrogen and oxygen atoms in total. The zero-order valence-corrected chi connectivity index (χ0v) is 11.0. The van der Waals surface area contributed by atoms with Crippen molar-refractivity contribution in [1.82, 2.24) is 5.32 Å². The lowest BCUT2D eigenvalue weighted by Gasteiger charge is -2.14. The van der Waals surface area contributed by atoms with Crippen molar-refractivity contribution in [2.75, 3.05) is 0 Å². The van der Waals surface area contributed by atoms with Gasteiger partial charge in [-0.05, 0) is 11.6 Å². The molecule has 1 atom stereocenters. The summed E-state index contributed by atoms with van der Waals surface area (Å²) in [5.41, 5.74) is 0.893. The monoisotopic (exact) mass is 273 g/mol. The summed E-state index contributed by atoms with van der Waals surface area (Å²) in [4.78, 5) is 23.5. The van der Waals surface area contributed by atoms with Gasteiger partial charge in [-0.2, -0.15) is 0 Å². The van der Waals surface area contributed by atoms with E-state index in [1.807, 2.05) is 6.92 Å². The van der Waals surface area contributed by atoms with Crippen molar-refractivity contribution in [1.29, 1.82) is 0 Å². The van der Waals surface area contributed by atoms with Gasteiger partial charge >= 0.3 is 5.97 Å². The minimum Gasteiger partial charge on any atom is -0.479 e. The number of benzene rings is 1. The molecule has 1 heterocycles. The molecule has 1 unspecified atom stereocenters. The highest BCUT2D eigenvalue weighted by Gasteiger charge is 2.24. The molecule has 2 N–H and O–H groups in total. The molecular formula is C15H15NO4. The maximum atomic E-state index is 12.1. The Kier molecular flexibility index (Phi) is 4.20. The van der Waals surface area contributed by atoms with E-state index in [4.69, 9.17) is 4.42 Å². The number of carboxylic acid groups (broad SMARTS) is 1. The number of rotatable bonds is 5. The first-order chi connectivity index (χ1) is 9.63. The summed E-state index contributed by atoms with van der Waals surface area (Å²) in [5, 5.41) is 11.8. The minimum atomic E-state index is -1.11. The van der Waals surface area contributed by atoms with Gasteiger partial charge in [-0.1, -0.05) is 37.3 Å². The lowest BCUT2D eigenvalue weighted by Crippen LogP contribution is -2.33. The van der Waals surface area contributed by atoms with Crippen LogP contribution in [-0.2, 0) is 11.2 Å². The smallest absolute Gasteiger partial charge is 0.330 e. The van der Waals surface area contributed by atoms with Crippen LogP contribution < -0.4 is 5.32 Å². The van der Waals surface area contributed by atoms with Crippen molar-refractivity contribution in [3.63, 3.8) is 0 Å². The molecule has 0 aliphatic rings. The van der Waals surface area contributed by atoms with Crippen LogP contribution in [0.5, 0.6) is 0 Å². The Hall–Kier alpha value is -2.56. The predicted molar refractivity (Wildman–Crippen MR) is 72.4 cm³/mol. The third-order valence-electron chi connectivity index (χ3n) is 2.97. The number of nitrogens with one attached hydrogen (secondary N) is 1. The fourth-order valence-electron chi connectivity index (χ4n) is 1.96. The maximum absolute atomic E-state index is 12.1. The molecule has 0 aliphatic carbocycles. The van der Waals surface area contributed by atoms with Gasteiger partial charge < -0.3 is 14.8 Å². The summed E-state index contributed by atoms with van der Waals surface area (Å²) in [5.74, 6) is -1.02. The van der Waals surface area contributed by atoms with Crippen molar-refractivity contribution < 1.29 is 19.1 Å². The molecule has 0 radical (unpaired) electrons. The van der Waals surface area contributed by atoms with Crippen LogP contribution in [-0.4, -0.2) is 17.0 Å². The molecule has 104 valence electrons. The molecule has 0 bridgehead atoms. The zero-order chi connectivity index (χ0) is 14.5. The number of furan rings is 1. The lowest BCUT2D eigenvalue weighted by atomic mass is 10.1. The standard InChI is InChI=1S/C15H15NO4/c1-2-12-11(8-9-20-12)14(17)16-13(15(18)19)10-6-4-3-5-7-10/h3-9,13H,2H2,1H3,(H,16,17)(H,18,19). The van der Waals surface area contributed by atoms with Gasteiger partial charge in [0.25, 0.3) is 5.91 Å². The van der Waals surface area contributed by atoms with E-state index in [0.717, 1.165) is 0 Å². The van der Waals surface area contributed by atoms with E-state index in [-0.39, 0.29) is 0 Å². The average molecular weight is 273 g/mol. The SMILES string of the molecule is CCc1occc1C(=O)NC(C(=O)O)c1ccccc1. The van der Waals surface area contributed by atoms with Crippen LogP contribution >= 0.6 is 0 Å². The van der Waals surface area contributed by atoms with Gasteiger partial charge in [-0.3, -0.25) is 4.79 Å². The van der Waals surface area contributed by atoms with E-state index in [9.17, 15) is 14.7 Å². The average Bonchev–Trinajstić information content (AvgIpc) is 2.93. The Morgan fingerprint density at radius 2 is 1.95 bits per heavy atom. The molecule has 0 spiro atoms. The summed E-state index contributed by atoms with van der Waals surface area (Å²) in [6, 6.07) is 9.03. The molecule has 0 saturated carbocycles. The summed E-state index contributed by atoms with van der Waals surface area (Å²) in [6.07, 6.45) is 1.99. The van der Waals surface area contributed by atoms with Crippen molar-refractivity contribution in [3.05, 3.63) is 59.5 Å². The molecule has 1 aromatic heterocycles. The van der Waals surface area contributed by atoms with Crippen LogP contribution in [0, 0.1) is 0 Å². The van der Waals surface area contributed by atoms with Crippen LogP contribution in [0.2, 0.25) is 0 Å². The molecule has 2 aromatic rings. The van der Waals surface area contributed by atoms with Crippen LogP contribution in [0.15, 0.2) is 47.1 Å². The third kappa shape index (κ3) is 2.88. The third-order valence-corrected chi connectivity index (χ3v) is 2.97. The molecule has 20 heavy (non-hydrogen) atoms. The molecule has 0 aliphatic heterocycles. The van der Waals surface area contributed by atoms with Gasteiger partial charge in [-0.15, -0.1) is 0 Å². The van der Waals surface area contributed by atoms with Crippen molar-refractivity contribution in [3.8, 4) is 0 Å². The molecule has 0 fully saturated rings. The van der Waals surface area contributed by atoms with E-state index in [1.165, 1.54) is 12.3 Å². The van der Waals surface area contributed by atoms with E-state index in [1.54, 1.807) is 30.3 Å². The van der Waals surface area contributed by atoms with E-state index in [2.05, 4.69) is 5.32 Å². The van der Waals surface area contributed by atoms with Gasteiger partial charge in [-0.25, -0.2) is 4.79 Å². The second kappa shape index (κ2) is 6.06. The highest BCUT2D eigenvalue weighted by atomic mass is 16.4. The normalized spacial score (nSPS) is 11.8. The fourth-order valence-corrected chi connectivity index (χ4v) is 1.96. The second-order valence-corrected chi connectivity index (χ2v) is 4.27. The van der Waals surface area contributed by atoms with Crippen molar-refractivity contribution in [2.24, 2.45) is 0 Å². The summed E-state index contributed by atoms with van der Waals surface area (Å²) in [6.45, 7) is 1.86. The van der Waals surface area contributed by atoms with E-state index >= 15 is 0 Å². The highest BCUT2D eigenvalue weighted by Crippen LogP contribution is 2.16. The van der Waals surface area contributed by atoms with Gasteiger partial charge in [0.1, 0.15) is 5.76 Å². The quantitative estimate of drug-likeness (QED) is 0.876. The molecular weight excluding hydrogens is 258 g/mol. The number of hydrogen-bond donors (Lipinski definition) is 2. The first-order valence-electron chi connectivity index (χ1n) is 6.28. The van der Waals surface area contributed by atoms with Crippen LogP contribution in [0.25, 0.3) is 0 Å². The molecule has 1 amide bonds. The number of aliphatic carboxylic acids is 1. The first kappa shape index (κ1) is 13.9.